The van der Waals surface area contributed by atoms with Crippen LogP contribution < -0.4 is 4.74 Å². The number of hydrogen-bond acceptors (Lipinski definition) is 5. The van der Waals surface area contributed by atoms with Crippen molar-refractivity contribution >= 4 is 17.5 Å². The number of nitrogens with zero attached hydrogens (tertiary/aromatic N) is 2. The Morgan fingerprint density at radius 2 is 2.12 bits per heavy atom. The molecule has 0 atom stereocenters. The molecule has 0 fully saturated rings. The Balaban J connectivity index is 2.27. The van der Waals surface area contributed by atoms with E-state index in [1.54, 1.807) is 36.2 Å². The topological polar surface area (TPSA) is 42.4 Å². The van der Waals surface area contributed by atoms with E-state index in [0.717, 1.165) is 24.4 Å². The number of rotatable bonds is 7. The summed E-state index contributed by atoms with van der Waals surface area (Å²) in [7, 11) is 0. The van der Waals surface area contributed by atoms with Gasteiger partial charge in [-0.3, -0.25) is 4.79 Å². The molecule has 0 N–H and O–H groups in total. The van der Waals surface area contributed by atoms with Crippen molar-refractivity contribution in [2.75, 3.05) is 13.2 Å². The zero-order valence-corrected chi connectivity index (χ0v) is 16.7. The lowest BCUT2D eigenvalue weighted by atomic mass is 9.96. The Kier molecular flexibility index (Phi) is 6.71. The van der Waals surface area contributed by atoms with Gasteiger partial charge in [-0.05, 0) is 30.9 Å². The van der Waals surface area contributed by atoms with Crippen LogP contribution in [-0.2, 0) is 0 Å². The number of carbonyl (C=O) groups excluding carboxylic acids is 1. The van der Waals surface area contributed by atoms with Crippen molar-refractivity contribution in [3.63, 3.8) is 0 Å². The molecular formula is C20H28N2O2S. The lowest BCUT2D eigenvalue weighted by Crippen LogP contribution is -2.14. The second kappa shape index (κ2) is 8.56. The molecule has 5 heteroatoms. The van der Waals surface area contributed by atoms with Crippen LogP contribution >= 0.6 is 11.8 Å². The first-order valence-electron chi connectivity index (χ1n) is 8.87. The number of aromatic nitrogens is 1. The van der Waals surface area contributed by atoms with Gasteiger partial charge in [0, 0.05) is 29.9 Å². The minimum absolute atomic E-state index is 0.0656. The fourth-order valence-electron chi connectivity index (χ4n) is 2.39. The van der Waals surface area contributed by atoms with E-state index in [0.29, 0.717) is 18.1 Å². The molecule has 1 aliphatic rings. The molecule has 0 saturated carbocycles. The van der Waals surface area contributed by atoms with Gasteiger partial charge in [-0.15, -0.1) is 0 Å². The van der Waals surface area contributed by atoms with E-state index in [4.69, 9.17) is 4.74 Å². The first kappa shape index (κ1) is 19.6. The third-order valence-corrected chi connectivity index (χ3v) is 5.33. The molecule has 1 aromatic heterocycles. The minimum atomic E-state index is -0.0656. The third-order valence-electron chi connectivity index (χ3n) is 3.83. The quantitative estimate of drug-likeness (QED) is 0.491. The average Bonchev–Trinajstić information content (AvgIpc) is 2.96. The van der Waals surface area contributed by atoms with Gasteiger partial charge in [-0.25, -0.2) is 4.98 Å². The smallest absolute Gasteiger partial charge is 0.224 e. The zero-order valence-electron chi connectivity index (χ0n) is 15.8. The fourth-order valence-corrected chi connectivity index (χ4v) is 3.52. The molecule has 0 bridgehead atoms. The number of thioether (sulfide) groups is 1. The van der Waals surface area contributed by atoms with Crippen LogP contribution in [0.5, 0.6) is 5.88 Å². The number of ketones is 1. The highest BCUT2D eigenvalue weighted by Crippen LogP contribution is 2.45. The van der Waals surface area contributed by atoms with Crippen molar-refractivity contribution in [3.05, 3.63) is 46.1 Å². The van der Waals surface area contributed by atoms with E-state index >= 15 is 0 Å². The second-order valence-corrected chi connectivity index (χ2v) is 8.09. The Bertz CT molecular complexity index is 675. The van der Waals surface area contributed by atoms with Crippen LogP contribution in [0.2, 0.25) is 0 Å². The van der Waals surface area contributed by atoms with Crippen molar-refractivity contribution in [2.24, 2.45) is 5.41 Å². The molecular weight excluding hydrogens is 332 g/mol. The molecule has 0 amide bonds. The number of pyridine rings is 1. The summed E-state index contributed by atoms with van der Waals surface area (Å²) in [4.78, 5) is 20.5. The first-order valence-corrected chi connectivity index (χ1v) is 9.69. The van der Waals surface area contributed by atoms with E-state index in [-0.39, 0.29) is 11.2 Å². The molecule has 0 spiro atoms. The number of carbonyl (C=O) groups is 1. The molecule has 0 aliphatic carbocycles. The van der Waals surface area contributed by atoms with Crippen LogP contribution in [0.3, 0.4) is 0 Å². The number of allylic oxidation sites excluding steroid dienone is 2. The maximum atomic E-state index is 12.8. The van der Waals surface area contributed by atoms with Gasteiger partial charge in [0.2, 0.25) is 5.88 Å². The Morgan fingerprint density at radius 1 is 1.36 bits per heavy atom. The molecule has 2 heterocycles. The van der Waals surface area contributed by atoms with Gasteiger partial charge in [-0.2, -0.15) is 0 Å². The summed E-state index contributed by atoms with van der Waals surface area (Å²) in [5, 5.41) is 0.981. The number of ether oxygens (including phenoxy) is 1. The summed E-state index contributed by atoms with van der Waals surface area (Å²) in [5.41, 5.74) is 0.579. The van der Waals surface area contributed by atoms with Crippen molar-refractivity contribution in [1.82, 2.24) is 9.88 Å². The molecule has 0 radical (unpaired) electrons. The maximum Gasteiger partial charge on any atom is 0.224 e. The van der Waals surface area contributed by atoms with E-state index in [9.17, 15) is 4.79 Å². The normalized spacial score (nSPS) is 16.3. The second-order valence-electron chi connectivity index (χ2n) is 7.03. The highest BCUT2D eigenvalue weighted by molar-refractivity contribution is 8.07. The molecule has 25 heavy (non-hydrogen) atoms. The SMILES string of the molecule is CCCCN1C=C(C(C)(C)C)S/C1=C\C(=O)c1cccnc1OCC. The van der Waals surface area contributed by atoms with Crippen LogP contribution in [0.15, 0.2) is 40.5 Å². The molecule has 1 aliphatic heterocycles. The summed E-state index contributed by atoms with van der Waals surface area (Å²) >= 11 is 1.68. The molecule has 0 aromatic carbocycles. The Labute approximate surface area is 155 Å². The molecule has 4 nitrogen and oxygen atoms in total. The van der Waals surface area contributed by atoms with Crippen molar-refractivity contribution < 1.29 is 9.53 Å². The molecule has 2 rings (SSSR count). The lowest BCUT2D eigenvalue weighted by molar-refractivity contribution is 0.104. The molecule has 136 valence electrons. The molecule has 1 aromatic rings. The third kappa shape index (κ3) is 5.11. The van der Waals surface area contributed by atoms with Crippen LogP contribution in [0.1, 0.15) is 57.8 Å². The van der Waals surface area contributed by atoms with E-state index in [1.807, 2.05) is 6.92 Å². The van der Waals surface area contributed by atoms with Gasteiger partial charge in [0.15, 0.2) is 5.78 Å². The largest absolute Gasteiger partial charge is 0.477 e. The summed E-state index contributed by atoms with van der Waals surface area (Å²) in [6.45, 7) is 12.1. The van der Waals surface area contributed by atoms with Gasteiger partial charge in [0.05, 0.1) is 17.2 Å². The van der Waals surface area contributed by atoms with Gasteiger partial charge in [-0.1, -0.05) is 45.9 Å². The van der Waals surface area contributed by atoms with Gasteiger partial charge >= 0.3 is 0 Å². The molecule has 0 unspecified atom stereocenters. The predicted molar refractivity (Wildman–Crippen MR) is 105 cm³/mol. The van der Waals surface area contributed by atoms with E-state index < -0.39 is 0 Å². The van der Waals surface area contributed by atoms with Gasteiger partial charge in [0.1, 0.15) is 0 Å². The molecule has 0 saturated heterocycles. The van der Waals surface area contributed by atoms with Crippen molar-refractivity contribution in [2.45, 2.75) is 47.5 Å². The van der Waals surface area contributed by atoms with Crippen LogP contribution in [0.25, 0.3) is 0 Å². The first-order chi connectivity index (χ1) is 11.9. The highest BCUT2D eigenvalue weighted by Gasteiger charge is 2.28. The fraction of sp³-hybridized carbons (Fsp3) is 0.500. The van der Waals surface area contributed by atoms with Gasteiger partial charge < -0.3 is 9.64 Å². The van der Waals surface area contributed by atoms with Crippen molar-refractivity contribution in [1.29, 1.82) is 0 Å². The van der Waals surface area contributed by atoms with Crippen molar-refractivity contribution in [3.8, 4) is 5.88 Å². The number of hydrogen-bond donors (Lipinski definition) is 0. The number of unbranched alkanes of at least 4 members (excludes halogenated alkanes) is 1. The Morgan fingerprint density at radius 3 is 2.76 bits per heavy atom. The van der Waals surface area contributed by atoms with E-state index in [1.165, 1.54) is 4.91 Å². The zero-order chi connectivity index (χ0) is 18.4. The van der Waals surface area contributed by atoms with E-state index in [2.05, 4.69) is 43.8 Å². The summed E-state index contributed by atoms with van der Waals surface area (Å²) in [5.74, 6) is 0.336. The summed E-state index contributed by atoms with van der Waals surface area (Å²) < 4.78 is 5.50. The predicted octanol–water partition coefficient (Wildman–Crippen LogP) is 5.24. The lowest BCUT2D eigenvalue weighted by Gasteiger charge is -2.17. The van der Waals surface area contributed by atoms with Crippen LogP contribution in [0, 0.1) is 5.41 Å². The van der Waals surface area contributed by atoms with Crippen LogP contribution in [0.4, 0.5) is 0 Å². The standard InChI is InChI=1S/C20H28N2O2S/c1-6-8-12-22-14-17(20(3,4)5)25-18(22)13-16(23)15-10-9-11-21-19(15)24-7-2/h9-11,13-14H,6-8,12H2,1-5H3/b18-13-. The van der Waals surface area contributed by atoms with Crippen LogP contribution in [-0.4, -0.2) is 28.8 Å². The summed E-state index contributed by atoms with van der Waals surface area (Å²) in [6.07, 6.45) is 7.77. The highest BCUT2D eigenvalue weighted by atomic mass is 32.2. The minimum Gasteiger partial charge on any atom is -0.477 e. The monoisotopic (exact) mass is 360 g/mol. The average molecular weight is 361 g/mol. The summed E-state index contributed by atoms with van der Waals surface area (Å²) in [6, 6.07) is 3.54. The maximum absolute atomic E-state index is 12.8. The van der Waals surface area contributed by atoms with Gasteiger partial charge in [0.25, 0.3) is 0 Å². The Hall–Kier alpha value is -1.75.